The highest BCUT2D eigenvalue weighted by molar-refractivity contribution is 7.17. The number of hydrogen-bond donors (Lipinski definition) is 1. The van der Waals surface area contributed by atoms with E-state index in [2.05, 4.69) is 5.32 Å². The van der Waals surface area contributed by atoms with Crippen molar-refractivity contribution in [3.63, 3.8) is 0 Å². The summed E-state index contributed by atoms with van der Waals surface area (Å²) >= 11 is 1.34. The Bertz CT molecular complexity index is 1140. The van der Waals surface area contributed by atoms with Crippen LogP contribution >= 0.6 is 11.3 Å². The number of esters is 1. The SMILES string of the molecule is O=C(COC(=O)c1cc2c(s1)-c1ccccc1OC2)Nc1ccc2c(c1)OCCO2. The Labute approximate surface area is 176 Å². The first-order valence-electron chi connectivity index (χ1n) is 9.39. The lowest BCUT2D eigenvalue weighted by Crippen LogP contribution is -2.21. The van der Waals surface area contributed by atoms with Gasteiger partial charge in [0.2, 0.25) is 0 Å². The Balaban J connectivity index is 1.22. The van der Waals surface area contributed by atoms with E-state index >= 15 is 0 Å². The zero-order valence-corrected chi connectivity index (χ0v) is 16.6. The van der Waals surface area contributed by atoms with Crippen LogP contribution in [0.4, 0.5) is 5.69 Å². The minimum atomic E-state index is -0.538. The second kappa shape index (κ2) is 7.72. The number of nitrogens with one attached hydrogen (secondary N) is 1. The molecule has 0 aliphatic carbocycles. The van der Waals surface area contributed by atoms with Crippen molar-refractivity contribution in [2.24, 2.45) is 0 Å². The molecule has 2 aromatic carbocycles. The summed E-state index contributed by atoms with van der Waals surface area (Å²) in [5.74, 6) is 1.03. The number of rotatable bonds is 4. The molecule has 8 heteroatoms. The average molecular weight is 423 g/mol. The highest BCUT2D eigenvalue weighted by atomic mass is 32.1. The van der Waals surface area contributed by atoms with Crippen LogP contribution in [0.25, 0.3) is 10.4 Å². The molecule has 0 atom stereocenters. The molecule has 0 radical (unpaired) electrons. The fourth-order valence-corrected chi connectivity index (χ4v) is 4.41. The lowest BCUT2D eigenvalue weighted by molar-refractivity contribution is -0.119. The number of carbonyl (C=O) groups is 2. The van der Waals surface area contributed by atoms with Crippen molar-refractivity contribution >= 4 is 28.9 Å². The third-order valence-electron chi connectivity index (χ3n) is 4.69. The van der Waals surface area contributed by atoms with Gasteiger partial charge in [0.05, 0.1) is 0 Å². The van der Waals surface area contributed by atoms with Gasteiger partial charge >= 0.3 is 5.97 Å². The second-order valence-corrected chi connectivity index (χ2v) is 7.78. The number of hydrogen-bond acceptors (Lipinski definition) is 7. The van der Waals surface area contributed by atoms with Crippen LogP contribution in [0.5, 0.6) is 17.2 Å². The summed E-state index contributed by atoms with van der Waals surface area (Å²) in [7, 11) is 0. The Morgan fingerprint density at radius 1 is 0.967 bits per heavy atom. The highest BCUT2D eigenvalue weighted by Gasteiger charge is 2.23. The summed E-state index contributed by atoms with van der Waals surface area (Å²) in [6.07, 6.45) is 0. The van der Waals surface area contributed by atoms with Crippen LogP contribution < -0.4 is 19.5 Å². The van der Waals surface area contributed by atoms with Crippen LogP contribution in [0.2, 0.25) is 0 Å². The maximum Gasteiger partial charge on any atom is 0.348 e. The monoisotopic (exact) mass is 423 g/mol. The molecule has 1 amide bonds. The van der Waals surface area contributed by atoms with E-state index < -0.39 is 11.9 Å². The Morgan fingerprint density at radius 3 is 2.70 bits per heavy atom. The summed E-state index contributed by atoms with van der Waals surface area (Å²) in [5, 5.41) is 2.69. The Kier molecular flexibility index (Phi) is 4.76. The van der Waals surface area contributed by atoms with Gasteiger partial charge < -0.3 is 24.3 Å². The molecular formula is C22H17NO6S. The molecule has 0 saturated carbocycles. The van der Waals surface area contributed by atoms with E-state index in [1.54, 1.807) is 24.3 Å². The summed E-state index contributed by atoms with van der Waals surface area (Å²) in [4.78, 5) is 26.1. The molecule has 0 bridgehead atoms. The van der Waals surface area contributed by atoms with Gasteiger partial charge in [-0.1, -0.05) is 12.1 Å². The first-order valence-corrected chi connectivity index (χ1v) is 10.2. The van der Waals surface area contributed by atoms with Crippen molar-refractivity contribution < 1.29 is 28.5 Å². The van der Waals surface area contributed by atoms with E-state index in [0.717, 1.165) is 21.8 Å². The number of anilines is 1. The minimum absolute atomic E-state index is 0.386. The molecule has 152 valence electrons. The van der Waals surface area contributed by atoms with Crippen LogP contribution in [-0.2, 0) is 16.1 Å². The van der Waals surface area contributed by atoms with Crippen LogP contribution in [0, 0.1) is 0 Å². The molecule has 3 heterocycles. The van der Waals surface area contributed by atoms with E-state index in [1.807, 2.05) is 24.3 Å². The highest BCUT2D eigenvalue weighted by Crippen LogP contribution is 2.42. The fraction of sp³-hybridized carbons (Fsp3) is 0.182. The predicted molar refractivity (Wildman–Crippen MR) is 110 cm³/mol. The van der Waals surface area contributed by atoms with Gasteiger partial charge in [-0.3, -0.25) is 4.79 Å². The van der Waals surface area contributed by atoms with E-state index in [1.165, 1.54) is 11.3 Å². The number of carbonyl (C=O) groups excluding carboxylic acids is 2. The lowest BCUT2D eigenvalue weighted by atomic mass is 10.1. The lowest BCUT2D eigenvalue weighted by Gasteiger charge is -2.18. The molecule has 1 N–H and O–H groups in total. The van der Waals surface area contributed by atoms with Crippen molar-refractivity contribution in [1.82, 2.24) is 0 Å². The van der Waals surface area contributed by atoms with Crippen LogP contribution in [-0.4, -0.2) is 31.7 Å². The zero-order valence-electron chi connectivity index (χ0n) is 15.8. The topological polar surface area (TPSA) is 83.1 Å². The van der Waals surface area contributed by atoms with E-state index in [-0.39, 0.29) is 6.61 Å². The van der Waals surface area contributed by atoms with Gasteiger partial charge in [-0.25, -0.2) is 4.79 Å². The molecule has 3 aromatic rings. The summed E-state index contributed by atoms with van der Waals surface area (Å²) in [5.41, 5.74) is 2.44. The molecule has 1 aromatic heterocycles. The maximum atomic E-state index is 12.5. The number of ether oxygens (including phenoxy) is 4. The molecule has 2 aliphatic heterocycles. The molecule has 2 aliphatic rings. The Hall–Kier alpha value is -3.52. The van der Waals surface area contributed by atoms with E-state index in [9.17, 15) is 9.59 Å². The largest absolute Gasteiger partial charge is 0.488 e. The first-order chi connectivity index (χ1) is 14.7. The molecular weight excluding hydrogens is 406 g/mol. The van der Waals surface area contributed by atoms with Gasteiger partial charge in [0.15, 0.2) is 18.1 Å². The van der Waals surface area contributed by atoms with Crippen molar-refractivity contribution in [1.29, 1.82) is 0 Å². The zero-order chi connectivity index (χ0) is 20.5. The van der Waals surface area contributed by atoms with Gasteiger partial charge in [-0.2, -0.15) is 0 Å². The molecule has 0 saturated heterocycles. The molecule has 0 spiro atoms. The average Bonchev–Trinajstić information content (AvgIpc) is 3.22. The standard InChI is InChI=1S/C22H17NO6S/c24-20(23-14-5-6-17-18(10-14)27-8-7-26-17)12-29-22(25)19-9-13-11-28-16-4-2-1-3-15(16)21(13)30-19/h1-6,9-10H,7-8,11-12H2,(H,23,24). The normalized spacial score (nSPS) is 13.5. The molecule has 0 fully saturated rings. The van der Waals surface area contributed by atoms with Gasteiger partial charge in [-0.15, -0.1) is 11.3 Å². The quantitative estimate of drug-likeness (QED) is 0.642. The smallest absolute Gasteiger partial charge is 0.348 e. The molecule has 0 unspecified atom stereocenters. The van der Waals surface area contributed by atoms with Crippen molar-refractivity contribution in [2.45, 2.75) is 6.61 Å². The van der Waals surface area contributed by atoms with Crippen molar-refractivity contribution in [2.75, 3.05) is 25.1 Å². The predicted octanol–water partition coefficient (Wildman–Crippen LogP) is 3.87. The third-order valence-corrected chi connectivity index (χ3v) is 5.88. The van der Waals surface area contributed by atoms with Crippen LogP contribution in [0.3, 0.4) is 0 Å². The molecule has 7 nitrogen and oxygen atoms in total. The fourth-order valence-electron chi connectivity index (χ4n) is 3.32. The minimum Gasteiger partial charge on any atom is -0.488 e. The number of fused-ring (bicyclic) bond motifs is 4. The van der Waals surface area contributed by atoms with Crippen LogP contribution in [0.1, 0.15) is 15.2 Å². The summed E-state index contributed by atoms with van der Waals surface area (Å²) in [6.45, 7) is 0.977. The maximum absolute atomic E-state index is 12.5. The van der Waals surface area contributed by atoms with Gasteiger partial charge in [-0.05, 0) is 30.3 Å². The first kappa shape index (κ1) is 18.5. The van der Waals surface area contributed by atoms with Crippen molar-refractivity contribution in [3.05, 3.63) is 59.0 Å². The number of thiophene rings is 1. The molecule has 5 rings (SSSR count). The molecule has 30 heavy (non-hydrogen) atoms. The van der Waals surface area contributed by atoms with E-state index in [4.69, 9.17) is 18.9 Å². The number of benzene rings is 2. The summed E-state index contributed by atoms with van der Waals surface area (Å²) < 4.78 is 21.9. The number of para-hydroxylation sites is 1. The summed E-state index contributed by atoms with van der Waals surface area (Å²) in [6, 6.07) is 14.6. The van der Waals surface area contributed by atoms with Gasteiger partial charge in [0.25, 0.3) is 5.91 Å². The van der Waals surface area contributed by atoms with E-state index in [0.29, 0.717) is 41.9 Å². The Morgan fingerprint density at radius 2 is 1.80 bits per heavy atom. The van der Waals surface area contributed by atoms with Gasteiger partial charge in [0.1, 0.15) is 30.4 Å². The van der Waals surface area contributed by atoms with Crippen molar-refractivity contribution in [3.8, 4) is 27.7 Å². The van der Waals surface area contributed by atoms with Crippen LogP contribution in [0.15, 0.2) is 48.5 Å². The second-order valence-electron chi connectivity index (χ2n) is 6.73. The third kappa shape index (κ3) is 3.57. The van der Waals surface area contributed by atoms with Gasteiger partial charge in [0, 0.05) is 27.8 Å². The number of amides is 1.